The summed E-state index contributed by atoms with van der Waals surface area (Å²) >= 11 is 0. The minimum absolute atomic E-state index is 0.00499. The molecule has 1 aromatic rings. The summed E-state index contributed by atoms with van der Waals surface area (Å²) in [4.78, 5) is 21.1. The molecule has 2 rings (SSSR count). The number of aliphatic carboxylic acids is 1. The lowest BCUT2D eigenvalue weighted by Crippen LogP contribution is -2.26. The molecule has 6 nitrogen and oxygen atoms in total. The van der Waals surface area contributed by atoms with Crippen molar-refractivity contribution in [2.45, 2.75) is 32.4 Å². The number of hydrogen-bond donors (Lipinski definition) is 2. The molecule has 98 valence electrons. The average molecular weight is 250 g/mol. The highest BCUT2D eigenvalue weighted by atomic mass is 16.4. The van der Waals surface area contributed by atoms with E-state index in [1.165, 1.54) is 6.33 Å². The second kappa shape index (κ2) is 4.80. The number of carboxylic acids is 1. The second-order valence-corrected chi connectivity index (χ2v) is 4.90. The van der Waals surface area contributed by atoms with Crippen molar-refractivity contribution in [3.8, 4) is 0 Å². The van der Waals surface area contributed by atoms with Crippen LogP contribution in [0.5, 0.6) is 0 Å². The lowest BCUT2D eigenvalue weighted by atomic mass is 10.3. The van der Waals surface area contributed by atoms with E-state index in [0.717, 1.165) is 5.82 Å². The summed E-state index contributed by atoms with van der Waals surface area (Å²) in [6, 6.07) is 2.19. The molecule has 0 aliphatic heterocycles. The van der Waals surface area contributed by atoms with Crippen molar-refractivity contribution in [1.29, 1.82) is 0 Å². The number of nitrogens with one attached hydrogen (secondary N) is 1. The van der Waals surface area contributed by atoms with Crippen LogP contribution >= 0.6 is 0 Å². The summed E-state index contributed by atoms with van der Waals surface area (Å²) in [7, 11) is 1.97. The number of hydrogen-bond acceptors (Lipinski definition) is 5. The monoisotopic (exact) mass is 250 g/mol. The zero-order chi connectivity index (χ0) is 13.3. The first-order valence-electron chi connectivity index (χ1n) is 6.03. The maximum atomic E-state index is 10.7. The Kier molecular flexibility index (Phi) is 3.36. The van der Waals surface area contributed by atoms with Gasteiger partial charge in [0.25, 0.3) is 0 Å². The minimum atomic E-state index is -0.749. The topological polar surface area (TPSA) is 78.4 Å². The Balaban J connectivity index is 2.02. The molecule has 0 amide bonds. The quantitative estimate of drug-likeness (QED) is 0.817. The van der Waals surface area contributed by atoms with Crippen LogP contribution in [-0.4, -0.2) is 40.2 Å². The van der Waals surface area contributed by atoms with Crippen LogP contribution in [0.2, 0.25) is 0 Å². The van der Waals surface area contributed by atoms with E-state index >= 15 is 0 Å². The van der Waals surface area contributed by atoms with Crippen LogP contribution < -0.4 is 10.2 Å². The molecule has 1 saturated carbocycles. The maximum Gasteiger partial charge on any atom is 0.308 e. The van der Waals surface area contributed by atoms with Crippen LogP contribution in [0.4, 0.5) is 11.6 Å². The third-order valence-electron chi connectivity index (χ3n) is 3.23. The molecule has 0 bridgehead atoms. The van der Waals surface area contributed by atoms with Crippen LogP contribution in [0, 0.1) is 5.92 Å². The normalized spacial score (nSPS) is 21.8. The van der Waals surface area contributed by atoms with Gasteiger partial charge in [0.2, 0.25) is 0 Å². The number of anilines is 2. The van der Waals surface area contributed by atoms with Crippen molar-refractivity contribution in [3.05, 3.63) is 12.4 Å². The molecule has 1 aromatic heterocycles. The Morgan fingerprint density at radius 1 is 1.56 bits per heavy atom. The Labute approximate surface area is 106 Å². The molecular weight excluding hydrogens is 232 g/mol. The third kappa shape index (κ3) is 2.69. The van der Waals surface area contributed by atoms with Gasteiger partial charge in [-0.15, -0.1) is 0 Å². The Morgan fingerprint density at radius 2 is 2.28 bits per heavy atom. The summed E-state index contributed by atoms with van der Waals surface area (Å²) < 4.78 is 0. The highest BCUT2D eigenvalue weighted by molar-refractivity contribution is 5.75. The fourth-order valence-corrected chi connectivity index (χ4v) is 1.70. The fourth-order valence-electron chi connectivity index (χ4n) is 1.70. The molecule has 18 heavy (non-hydrogen) atoms. The predicted molar refractivity (Wildman–Crippen MR) is 68.7 cm³/mol. The van der Waals surface area contributed by atoms with Crippen LogP contribution in [0.1, 0.15) is 20.3 Å². The third-order valence-corrected chi connectivity index (χ3v) is 3.23. The van der Waals surface area contributed by atoms with Gasteiger partial charge in [-0.05, 0) is 20.3 Å². The average Bonchev–Trinajstić information content (AvgIpc) is 3.07. The van der Waals surface area contributed by atoms with Crippen LogP contribution in [-0.2, 0) is 4.79 Å². The van der Waals surface area contributed by atoms with Crippen molar-refractivity contribution >= 4 is 17.6 Å². The van der Waals surface area contributed by atoms with Gasteiger partial charge in [-0.1, -0.05) is 0 Å². The fraction of sp³-hybridized carbons (Fsp3) is 0.583. The van der Waals surface area contributed by atoms with Crippen LogP contribution in [0.3, 0.4) is 0 Å². The molecule has 1 aliphatic rings. The van der Waals surface area contributed by atoms with Crippen LogP contribution in [0.25, 0.3) is 0 Å². The van der Waals surface area contributed by atoms with Gasteiger partial charge in [0.1, 0.15) is 18.0 Å². The maximum absolute atomic E-state index is 10.7. The van der Waals surface area contributed by atoms with E-state index in [2.05, 4.69) is 29.1 Å². The van der Waals surface area contributed by atoms with Gasteiger partial charge in [0.05, 0.1) is 5.92 Å². The predicted octanol–water partition coefficient (Wildman–Crippen LogP) is 1.21. The minimum Gasteiger partial charge on any atom is -0.481 e. The summed E-state index contributed by atoms with van der Waals surface area (Å²) in [5.74, 6) is 0.476. The molecule has 0 saturated heterocycles. The van der Waals surface area contributed by atoms with Gasteiger partial charge in [0, 0.05) is 25.2 Å². The lowest BCUT2D eigenvalue weighted by Gasteiger charge is -2.22. The Morgan fingerprint density at radius 3 is 2.83 bits per heavy atom. The first-order valence-corrected chi connectivity index (χ1v) is 6.03. The van der Waals surface area contributed by atoms with Crippen molar-refractivity contribution in [2.75, 3.05) is 17.3 Å². The molecule has 0 radical (unpaired) electrons. The molecule has 0 aromatic carbocycles. The Bertz CT molecular complexity index is 449. The first kappa shape index (κ1) is 12.6. The smallest absolute Gasteiger partial charge is 0.308 e. The highest BCUT2D eigenvalue weighted by Gasteiger charge is 2.43. The molecule has 1 heterocycles. The van der Waals surface area contributed by atoms with E-state index in [1.54, 1.807) is 0 Å². The lowest BCUT2D eigenvalue weighted by molar-refractivity contribution is -0.138. The van der Waals surface area contributed by atoms with Gasteiger partial charge in [-0.25, -0.2) is 9.97 Å². The van der Waals surface area contributed by atoms with Crippen molar-refractivity contribution in [3.63, 3.8) is 0 Å². The molecular formula is C12H18N4O2. The number of rotatable bonds is 5. The van der Waals surface area contributed by atoms with E-state index in [-0.39, 0.29) is 12.0 Å². The summed E-state index contributed by atoms with van der Waals surface area (Å²) in [5.41, 5.74) is 0. The largest absolute Gasteiger partial charge is 0.481 e. The molecule has 2 N–H and O–H groups in total. The molecule has 0 spiro atoms. The SMILES string of the molecule is CC(C)N(C)c1cc(NC2CC2C(=O)O)ncn1. The van der Waals surface area contributed by atoms with E-state index < -0.39 is 5.97 Å². The summed E-state index contributed by atoms with van der Waals surface area (Å²) in [5, 5.41) is 12.0. The van der Waals surface area contributed by atoms with Gasteiger partial charge >= 0.3 is 5.97 Å². The number of carboxylic acid groups (broad SMARTS) is 1. The van der Waals surface area contributed by atoms with Gasteiger partial charge in [-0.3, -0.25) is 4.79 Å². The number of carbonyl (C=O) groups is 1. The van der Waals surface area contributed by atoms with Gasteiger partial charge in [-0.2, -0.15) is 0 Å². The zero-order valence-corrected chi connectivity index (χ0v) is 10.8. The standard InChI is InChI=1S/C12H18N4O2/c1-7(2)16(3)11-5-10(13-6-14-11)15-9-4-8(9)12(17)18/h5-9H,4H2,1-3H3,(H,17,18)(H,13,14,15). The van der Waals surface area contributed by atoms with E-state index in [9.17, 15) is 4.79 Å². The number of nitrogens with zero attached hydrogens (tertiary/aromatic N) is 3. The molecule has 1 fully saturated rings. The van der Waals surface area contributed by atoms with E-state index in [0.29, 0.717) is 18.3 Å². The van der Waals surface area contributed by atoms with Crippen molar-refractivity contribution in [1.82, 2.24) is 9.97 Å². The van der Waals surface area contributed by atoms with Gasteiger partial charge < -0.3 is 15.3 Å². The molecule has 6 heteroatoms. The molecule has 2 atom stereocenters. The van der Waals surface area contributed by atoms with Gasteiger partial charge in [0.15, 0.2) is 0 Å². The van der Waals surface area contributed by atoms with Crippen molar-refractivity contribution in [2.24, 2.45) is 5.92 Å². The highest BCUT2D eigenvalue weighted by Crippen LogP contribution is 2.33. The summed E-state index contributed by atoms with van der Waals surface area (Å²) in [6.07, 6.45) is 2.16. The van der Waals surface area contributed by atoms with Crippen LogP contribution in [0.15, 0.2) is 12.4 Å². The first-order chi connectivity index (χ1) is 8.49. The second-order valence-electron chi connectivity index (χ2n) is 4.90. The summed E-state index contributed by atoms with van der Waals surface area (Å²) in [6.45, 7) is 4.16. The Hall–Kier alpha value is -1.85. The van der Waals surface area contributed by atoms with Crippen molar-refractivity contribution < 1.29 is 9.90 Å². The molecule has 2 unspecified atom stereocenters. The number of aromatic nitrogens is 2. The molecule has 1 aliphatic carbocycles. The van der Waals surface area contributed by atoms with E-state index in [4.69, 9.17) is 5.11 Å². The zero-order valence-electron chi connectivity index (χ0n) is 10.8. The van der Waals surface area contributed by atoms with E-state index in [1.807, 2.05) is 18.0 Å².